The standard InChI is InChI=1S/C23H29ClN2O2/c1-4-5-13-25-23(28)18(3)26(16-20-11-6-7-12-21(20)24)22(27)15-19-10-8-9-17(2)14-19/h6-12,14,18H,4-5,13,15-16H2,1-3H3,(H,25,28)/t18-/m1/s1. The van der Waals surface area contributed by atoms with E-state index < -0.39 is 6.04 Å². The monoisotopic (exact) mass is 400 g/mol. The molecule has 0 aliphatic rings. The van der Waals surface area contributed by atoms with Crippen molar-refractivity contribution in [3.05, 3.63) is 70.2 Å². The molecule has 1 N–H and O–H groups in total. The molecule has 0 aliphatic heterocycles. The SMILES string of the molecule is CCCCNC(=O)[C@@H](C)N(Cc1ccccc1Cl)C(=O)Cc1cccc(C)c1. The summed E-state index contributed by atoms with van der Waals surface area (Å²) < 4.78 is 0. The fourth-order valence-electron chi connectivity index (χ4n) is 3.03. The van der Waals surface area contributed by atoms with Gasteiger partial charge < -0.3 is 10.2 Å². The lowest BCUT2D eigenvalue weighted by Crippen LogP contribution is -2.48. The number of unbranched alkanes of at least 4 members (excludes halogenated alkanes) is 1. The van der Waals surface area contributed by atoms with Crippen molar-refractivity contribution < 1.29 is 9.59 Å². The molecule has 0 spiro atoms. The van der Waals surface area contributed by atoms with Gasteiger partial charge in [-0.2, -0.15) is 0 Å². The second-order valence-electron chi connectivity index (χ2n) is 7.10. The number of amides is 2. The van der Waals surface area contributed by atoms with Crippen molar-refractivity contribution in [1.82, 2.24) is 10.2 Å². The number of nitrogens with one attached hydrogen (secondary N) is 1. The van der Waals surface area contributed by atoms with E-state index >= 15 is 0 Å². The summed E-state index contributed by atoms with van der Waals surface area (Å²) in [6, 6.07) is 14.7. The van der Waals surface area contributed by atoms with Crippen LogP contribution in [-0.4, -0.2) is 29.3 Å². The van der Waals surface area contributed by atoms with Gasteiger partial charge in [0.05, 0.1) is 6.42 Å². The van der Waals surface area contributed by atoms with Crippen LogP contribution in [0.15, 0.2) is 48.5 Å². The highest BCUT2D eigenvalue weighted by molar-refractivity contribution is 6.31. The number of benzene rings is 2. The van der Waals surface area contributed by atoms with E-state index in [2.05, 4.69) is 12.2 Å². The minimum atomic E-state index is -0.578. The molecule has 28 heavy (non-hydrogen) atoms. The second-order valence-corrected chi connectivity index (χ2v) is 7.51. The first kappa shape index (κ1) is 22.0. The first-order valence-electron chi connectivity index (χ1n) is 9.78. The van der Waals surface area contributed by atoms with Crippen LogP contribution in [0.5, 0.6) is 0 Å². The normalized spacial score (nSPS) is 11.7. The summed E-state index contributed by atoms with van der Waals surface area (Å²) in [6.07, 6.45) is 2.17. The maximum absolute atomic E-state index is 13.1. The number of halogens is 1. The number of carbonyl (C=O) groups is 2. The predicted octanol–water partition coefficient (Wildman–Crippen LogP) is 4.52. The Balaban J connectivity index is 2.20. The summed E-state index contributed by atoms with van der Waals surface area (Å²) in [5.74, 6) is -0.234. The Bertz CT molecular complexity index is 807. The van der Waals surface area contributed by atoms with Gasteiger partial charge in [-0.05, 0) is 37.5 Å². The van der Waals surface area contributed by atoms with Crippen molar-refractivity contribution in [3.8, 4) is 0 Å². The van der Waals surface area contributed by atoms with E-state index in [1.54, 1.807) is 17.9 Å². The largest absolute Gasteiger partial charge is 0.354 e. The molecular weight excluding hydrogens is 372 g/mol. The number of aryl methyl sites for hydroxylation is 1. The van der Waals surface area contributed by atoms with Gasteiger partial charge in [0.25, 0.3) is 0 Å². The third kappa shape index (κ3) is 6.38. The summed E-state index contributed by atoms with van der Waals surface area (Å²) in [4.78, 5) is 27.3. The highest BCUT2D eigenvalue weighted by Gasteiger charge is 2.26. The molecule has 150 valence electrons. The van der Waals surface area contributed by atoms with Crippen molar-refractivity contribution in [2.24, 2.45) is 0 Å². The molecule has 4 nitrogen and oxygen atoms in total. The maximum Gasteiger partial charge on any atom is 0.242 e. The average molecular weight is 401 g/mol. The van der Waals surface area contributed by atoms with Gasteiger partial charge in [0.2, 0.25) is 11.8 Å². The second kappa shape index (κ2) is 10.9. The Hall–Kier alpha value is -2.33. The van der Waals surface area contributed by atoms with E-state index in [0.29, 0.717) is 18.1 Å². The number of rotatable bonds is 9. The molecule has 0 fully saturated rings. The lowest BCUT2D eigenvalue weighted by Gasteiger charge is -2.29. The van der Waals surface area contributed by atoms with E-state index in [1.165, 1.54) is 0 Å². The van der Waals surface area contributed by atoms with Crippen molar-refractivity contribution in [3.63, 3.8) is 0 Å². The molecule has 0 saturated heterocycles. The first-order valence-corrected chi connectivity index (χ1v) is 10.2. The molecule has 2 amide bonds. The molecule has 0 radical (unpaired) electrons. The Morgan fingerprint density at radius 2 is 1.89 bits per heavy atom. The Kier molecular flexibility index (Phi) is 8.52. The third-order valence-electron chi connectivity index (χ3n) is 4.73. The fraction of sp³-hybridized carbons (Fsp3) is 0.391. The van der Waals surface area contributed by atoms with Crippen LogP contribution in [0.25, 0.3) is 0 Å². The van der Waals surface area contributed by atoms with Gasteiger partial charge in [-0.1, -0.05) is 73.0 Å². The minimum Gasteiger partial charge on any atom is -0.354 e. The van der Waals surface area contributed by atoms with E-state index in [-0.39, 0.29) is 18.2 Å². The smallest absolute Gasteiger partial charge is 0.242 e. The molecule has 1 atom stereocenters. The molecule has 0 saturated carbocycles. The van der Waals surface area contributed by atoms with Crippen LogP contribution in [0.4, 0.5) is 0 Å². The minimum absolute atomic E-state index is 0.0938. The fourth-order valence-corrected chi connectivity index (χ4v) is 3.22. The summed E-state index contributed by atoms with van der Waals surface area (Å²) in [5, 5.41) is 3.52. The molecule has 0 bridgehead atoms. The van der Waals surface area contributed by atoms with Gasteiger partial charge in [0.1, 0.15) is 6.04 Å². The number of hydrogen-bond acceptors (Lipinski definition) is 2. The molecule has 0 aliphatic carbocycles. The predicted molar refractivity (Wildman–Crippen MR) is 114 cm³/mol. The molecule has 0 heterocycles. The molecule has 5 heteroatoms. The quantitative estimate of drug-likeness (QED) is 0.629. The van der Waals surface area contributed by atoms with Crippen LogP contribution in [0.2, 0.25) is 5.02 Å². The van der Waals surface area contributed by atoms with Crippen molar-refractivity contribution in [1.29, 1.82) is 0 Å². The van der Waals surface area contributed by atoms with E-state index in [9.17, 15) is 9.59 Å². The van der Waals surface area contributed by atoms with Crippen LogP contribution >= 0.6 is 11.6 Å². The Morgan fingerprint density at radius 1 is 1.14 bits per heavy atom. The highest BCUT2D eigenvalue weighted by atomic mass is 35.5. The van der Waals surface area contributed by atoms with Crippen molar-refractivity contribution in [2.45, 2.75) is 52.6 Å². The molecule has 2 aromatic carbocycles. The van der Waals surface area contributed by atoms with Gasteiger partial charge in [-0.3, -0.25) is 9.59 Å². The van der Waals surface area contributed by atoms with Crippen molar-refractivity contribution in [2.75, 3.05) is 6.54 Å². The van der Waals surface area contributed by atoms with Gasteiger partial charge in [-0.25, -0.2) is 0 Å². The Morgan fingerprint density at radius 3 is 2.57 bits per heavy atom. The molecular formula is C23H29ClN2O2. The molecule has 2 rings (SSSR count). The molecule has 0 aromatic heterocycles. The summed E-state index contributed by atoms with van der Waals surface area (Å²) in [6.45, 7) is 6.76. The lowest BCUT2D eigenvalue weighted by atomic mass is 10.1. The van der Waals surface area contributed by atoms with Crippen molar-refractivity contribution >= 4 is 23.4 Å². The summed E-state index contributed by atoms with van der Waals surface area (Å²) >= 11 is 6.30. The number of hydrogen-bond donors (Lipinski definition) is 1. The van der Waals surface area contributed by atoms with E-state index in [0.717, 1.165) is 29.5 Å². The van der Waals surface area contributed by atoms with Crippen LogP contribution in [0.3, 0.4) is 0 Å². The first-order chi connectivity index (χ1) is 13.4. The number of carbonyl (C=O) groups excluding carboxylic acids is 2. The third-order valence-corrected chi connectivity index (χ3v) is 5.10. The van der Waals surface area contributed by atoms with Gasteiger partial charge >= 0.3 is 0 Å². The van der Waals surface area contributed by atoms with Crippen LogP contribution < -0.4 is 5.32 Å². The Labute approximate surface area is 172 Å². The van der Waals surface area contributed by atoms with Crippen LogP contribution in [0.1, 0.15) is 43.4 Å². The molecule has 0 unspecified atom stereocenters. The average Bonchev–Trinajstić information content (AvgIpc) is 2.67. The van der Waals surface area contributed by atoms with E-state index in [4.69, 9.17) is 11.6 Å². The van der Waals surface area contributed by atoms with E-state index in [1.807, 2.05) is 49.4 Å². The topological polar surface area (TPSA) is 49.4 Å². The summed E-state index contributed by atoms with van der Waals surface area (Å²) in [7, 11) is 0. The zero-order valence-corrected chi connectivity index (χ0v) is 17.6. The summed E-state index contributed by atoms with van der Waals surface area (Å²) in [5.41, 5.74) is 2.87. The molecule has 2 aromatic rings. The highest BCUT2D eigenvalue weighted by Crippen LogP contribution is 2.19. The van der Waals surface area contributed by atoms with Crippen LogP contribution in [0, 0.1) is 6.92 Å². The van der Waals surface area contributed by atoms with Crippen LogP contribution in [-0.2, 0) is 22.6 Å². The zero-order chi connectivity index (χ0) is 20.5. The van der Waals surface area contributed by atoms with Gasteiger partial charge in [-0.15, -0.1) is 0 Å². The zero-order valence-electron chi connectivity index (χ0n) is 16.9. The maximum atomic E-state index is 13.1. The lowest BCUT2D eigenvalue weighted by molar-refractivity contribution is -0.140. The van der Waals surface area contributed by atoms with Gasteiger partial charge in [0.15, 0.2) is 0 Å². The number of nitrogens with zero attached hydrogens (tertiary/aromatic N) is 1. The van der Waals surface area contributed by atoms with Gasteiger partial charge in [0, 0.05) is 18.1 Å².